The molecule has 4 rings (SSSR count). The third-order valence-corrected chi connectivity index (χ3v) is 7.02. The van der Waals surface area contributed by atoms with Gasteiger partial charge in [-0.1, -0.05) is 54.2 Å². The molecule has 11 heteroatoms. The number of carbonyl (C=O) groups excluding carboxylic acids is 4. The average Bonchev–Trinajstić information content (AvgIpc) is 3.26. The Kier molecular flexibility index (Phi) is 9.41. The zero-order valence-corrected chi connectivity index (χ0v) is 24.9. The maximum Gasteiger partial charge on any atom is 0.414 e. The lowest BCUT2D eigenvalue weighted by molar-refractivity contribution is -0.120. The van der Waals surface area contributed by atoms with E-state index in [1.54, 1.807) is 70.3 Å². The molecule has 1 N–H and O–H groups in total. The van der Waals surface area contributed by atoms with Gasteiger partial charge in [0.15, 0.2) is 5.75 Å². The molecule has 4 amide bonds. The zero-order chi connectivity index (χ0) is 30.4. The van der Waals surface area contributed by atoms with Crippen LogP contribution in [0, 0.1) is 0 Å². The van der Waals surface area contributed by atoms with Crippen LogP contribution in [0.25, 0.3) is 0 Å². The van der Waals surface area contributed by atoms with Crippen LogP contribution in [0.2, 0.25) is 0 Å². The summed E-state index contributed by atoms with van der Waals surface area (Å²) >= 11 is 0.961. The monoisotopic (exact) mass is 591 g/mol. The first-order chi connectivity index (χ1) is 19.9. The van der Waals surface area contributed by atoms with Crippen LogP contribution in [0.1, 0.15) is 38.8 Å². The Morgan fingerprint density at radius 3 is 2.17 bits per heavy atom. The highest BCUT2D eigenvalue weighted by atomic mass is 32.2. The van der Waals surface area contributed by atoms with Crippen molar-refractivity contribution in [2.75, 3.05) is 17.0 Å². The lowest BCUT2D eigenvalue weighted by Crippen LogP contribution is -2.37. The third kappa shape index (κ3) is 8.03. The molecule has 42 heavy (non-hydrogen) atoms. The number of amides is 4. The molecule has 1 saturated heterocycles. The molecule has 0 saturated carbocycles. The summed E-state index contributed by atoms with van der Waals surface area (Å²) in [6, 6.07) is 21.5. The van der Waals surface area contributed by atoms with Crippen molar-refractivity contribution < 1.29 is 33.5 Å². The minimum atomic E-state index is -0.740. The fourth-order valence-electron chi connectivity index (χ4n) is 4.02. The number of rotatable bonds is 9. The molecule has 1 fully saturated rings. The SMILES string of the molecule is CC(=O)N(Oc1ccc(CC2SC(=O)NC2=O)cc1)c1ccc(OCc2ccccc2)cc1N(C)C(=O)OC(C)(C)C. The number of hydroxylamine groups is 1. The van der Waals surface area contributed by atoms with Gasteiger partial charge >= 0.3 is 6.09 Å². The molecule has 1 unspecified atom stereocenters. The first kappa shape index (κ1) is 30.4. The van der Waals surface area contributed by atoms with E-state index in [1.165, 1.54) is 11.8 Å². The van der Waals surface area contributed by atoms with Gasteiger partial charge in [-0.25, -0.2) is 4.79 Å². The van der Waals surface area contributed by atoms with Gasteiger partial charge in [0, 0.05) is 20.0 Å². The molecule has 0 aromatic heterocycles. The standard InChI is InChI=1S/C31H33N3O7S/c1-20(35)34(41-23-13-11-21(12-14-23)17-27-28(36)32-29(37)42-27)25-16-15-24(39-19-22-9-7-6-8-10-22)18-26(25)33(5)30(38)40-31(2,3)4/h6-16,18,27H,17,19H2,1-5H3,(H,32,36,37). The van der Waals surface area contributed by atoms with Crippen molar-refractivity contribution >= 4 is 46.3 Å². The number of nitrogens with zero attached hydrogens (tertiary/aromatic N) is 2. The number of thioether (sulfide) groups is 1. The van der Waals surface area contributed by atoms with Gasteiger partial charge in [-0.2, -0.15) is 0 Å². The first-order valence-electron chi connectivity index (χ1n) is 13.3. The Morgan fingerprint density at radius 2 is 1.57 bits per heavy atom. The van der Waals surface area contributed by atoms with Gasteiger partial charge in [-0.05, 0) is 62.6 Å². The maximum atomic E-state index is 13.0. The molecule has 10 nitrogen and oxygen atoms in total. The van der Waals surface area contributed by atoms with Crippen LogP contribution in [0.15, 0.2) is 72.8 Å². The molecule has 0 aliphatic carbocycles. The van der Waals surface area contributed by atoms with Crippen LogP contribution in [-0.2, 0) is 27.4 Å². The largest absolute Gasteiger partial charge is 0.489 e. The quantitative estimate of drug-likeness (QED) is 0.307. The molecule has 1 atom stereocenters. The number of carbonyl (C=O) groups is 4. The van der Waals surface area contributed by atoms with E-state index in [2.05, 4.69) is 5.32 Å². The van der Waals surface area contributed by atoms with E-state index in [4.69, 9.17) is 14.3 Å². The highest BCUT2D eigenvalue weighted by Gasteiger charge is 2.31. The van der Waals surface area contributed by atoms with E-state index in [9.17, 15) is 19.2 Å². The van der Waals surface area contributed by atoms with Crippen molar-refractivity contribution in [1.82, 2.24) is 5.32 Å². The predicted octanol–water partition coefficient (Wildman–Crippen LogP) is 5.88. The summed E-state index contributed by atoms with van der Waals surface area (Å²) in [5.41, 5.74) is 1.68. The van der Waals surface area contributed by atoms with E-state index in [-0.39, 0.29) is 11.1 Å². The number of ether oxygens (including phenoxy) is 2. The lowest BCUT2D eigenvalue weighted by atomic mass is 10.1. The number of hydrogen-bond donors (Lipinski definition) is 1. The fraction of sp³-hybridized carbons (Fsp3) is 0.290. The molecule has 1 aliphatic rings. The van der Waals surface area contributed by atoms with Crippen molar-refractivity contribution in [3.63, 3.8) is 0 Å². The number of nitrogens with one attached hydrogen (secondary N) is 1. The second-order valence-corrected chi connectivity index (χ2v) is 11.8. The fourth-order valence-corrected chi connectivity index (χ4v) is 4.88. The van der Waals surface area contributed by atoms with E-state index < -0.39 is 22.9 Å². The maximum absolute atomic E-state index is 13.0. The molecule has 220 valence electrons. The Labute approximate surface area is 248 Å². The van der Waals surface area contributed by atoms with E-state index >= 15 is 0 Å². The van der Waals surface area contributed by atoms with Gasteiger partial charge in [0.1, 0.15) is 23.6 Å². The summed E-state index contributed by atoms with van der Waals surface area (Å²) in [6.45, 7) is 6.96. The molecule has 3 aromatic carbocycles. The molecule has 1 heterocycles. The summed E-state index contributed by atoms with van der Waals surface area (Å²) in [5.74, 6) is 0.0799. The van der Waals surface area contributed by atoms with Crippen LogP contribution in [0.5, 0.6) is 11.5 Å². The van der Waals surface area contributed by atoms with E-state index in [1.807, 2.05) is 30.3 Å². The Hall–Kier alpha value is -4.51. The summed E-state index contributed by atoms with van der Waals surface area (Å²) < 4.78 is 11.6. The van der Waals surface area contributed by atoms with Gasteiger partial charge in [0.25, 0.3) is 11.1 Å². The van der Waals surface area contributed by atoms with Crippen LogP contribution in [-0.4, -0.2) is 41.0 Å². The van der Waals surface area contributed by atoms with Crippen LogP contribution >= 0.6 is 11.8 Å². The summed E-state index contributed by atoms with van der Waals surface area (Å²) in [6.07, 6.45) is -0.252. The van der Waals surface area contributed by atoms with E-state index in [0.29, 0.717) is 35.9 Å². The highest BCUT2D eigenvalue weighted by Crippen LogP contribution is 2.35. The molecule has 0 spiro atoms. The Morgan fingerprint density at radius 1 is 0.905 bits per heavy atom. The number of anilines is 2. The molecule has 0 radical (unpaired) electrons. The molecule has 1 aliphatic heterocycles. The first-order valence-corrected chi connectivity index (χ1v) is 14.1. The minimum absolute atomic E-state index is 0.296. The second-order valence-electron chi connectivity index (χ2n) is 10.6. The third-order valence-electron chi connectivity index (χ3n) is 6.04. The molecule has 3 aromatic rings. The van der Waals surface area contributed by atoms with Gasteiger partial charge in [0.2, 0.25) is 5.91 Å². The second kappa shape index (κ2) is 13.0. The van der Waals surface area contributed by atoms with Crippen molar-refractivity contribution in [2.24, 2.45) is 0 Å². The number of imide groups is 1. The summed E-state index contributed by atoms with van der Waals surface area (Å²) in [4.78, 5) is 56.6. The number of hydrogen-bond acceptors (Lipinski definition) is 8. The van der Waals surface area contributed by atoms with E-state index in [0.717, 1.165) is 28.0 Å². The van der Waals surface area contributed by atoms with Crippen molar-refractivity contribution in [3.8, 4) is 11.5 Å². The average molecular weight is 592 g/mol. The van der Waals surface area contributed by atoms with Crippen LogP contribution in [0.4, 0.5) is 21.0 Å². The topological polar surface area (TPSA) is 114 Å². The van der Waals surface area contributed by atoms with Gasteiger partial charge in [0.05, 0.1) is 10.9 Å². The molecular formula is C31H33N3O7S. The molecular weight excluding hydrogens is 558 g/mol. The minimum Gasteiger partial charge on any atom is -0.489 e. The number of benzene rings is 3. The van der Waals surface area contributed by atoms with Gasteiger partial charge < -0.3 is 14.3 Å². The van der Waals surface area contributed by atoms with Crippen molar-refractivity contribution in [2.45, 2.75) is 51.6 Å². The normalized spacial score (nSPS) is 14.6. The summed E-state index contributed by atoms with van der Waals surface area (Å²) in [7, 11) is 1.54. The Bertz CT molecular complexity index is 1460. The zero-order valence-electron chi connectivity index (χ0n) is 24.1. The lowest BCUT2D eigenvalue weighted by Gasteiger charge is -2.29. The predicted molar refractivity (Wildman–Crippen MR) is 161 cm³/mol. The smallest absolute Gasteiger partial charge is 0.414 e. The van der Waals surface area contributed by atoms with Gasteiger partial charge in [-0.3, -0.25) is 24.6 Å². The summed E-state index contributed by atoms with van der Waals surface area (Å²) in [5, 5.41) is 2.52. The van der Waals surface area contributed by atoms with Crippen LogP contribution in [0.3, 0.4) is 0 Å². The van der Waals surface area contributed by atoms with Gasteiger partial charge in [-0.15, -0.1) is 5.06 Å². The highest BCUT2D eigenvalue weighted by molar-refractivity contribution is 8.15. The van der Waals surface area contributed by atoms with Crippen LogP contribution < -0.4 is 24.9 Å². The Balaban J connectivity index is 1.59. The molecule has 0 bridgehead atoms. The van der Waals surface area contributed by atoms with Crippen molar-refractivity contribution in [3.05, 3.63) is 83.9 Å². The van der Waals surface area contributed by atoms with Crippen molar-refractivity contribution in [1.29, 1.82) is 0 Å².